The maximum Gasteiger partial charge on any atom is 0.264 e. The zero-order chi connectivity index (χ0) is 40.9. The lowest BCUT2D eigenvalue weighted by Gasteiger charge is -2.38. The van der Waals surface area contributed by atoms with E-state index in [9.17, 15) is 33.6 Å². The summed E-state index contributed by atoms with van der Waals surface area (Å²) in [4.78, 5) is 26.4. The number of aryl methyl sites for hydroxylation is 1. The van der Waals surface area contributed by atoms with Crippen LogP contribution in [0.3, 0.4) is 0 Å². The Morgan fingerprint density at radius 2 is 1.31 bits per heavy atom. The molecule has 55 heavy (non-hydrogen) atoms. The molecule has 0 aromatic heterocycles. The molecular formula is C39H61N7O8S. The topological polar surface area (TPSA) is 214 Å². The predicted molar refractivity (Wildman–Crippen MR) is 212 cm³/mol. The number of hydroxylamine groups is 1. The zero-order valence-corrected chi connectivity index (χ0v) is 34.1. The number of amides is 2. The van der Waals surface area contributed by atoms with Gasteiger partial charge in [-0.1, -0.05) is 40.8 Å². The van der Waals surface area contributed by atoms with Gasteiger partial charge in [-0.05, 0) is 136 Å². The third-order valence-corrected chi connectivity index (χ3v) is 12.8. The fourth-order valence-electron chi connectivity index (χ4n) is 6.59. The van der Waals surface area contributed by atoms with Crippen molar-refractivity contribution in [1.82, 2.24) is 25.7 Å². The van der Waals surface area contributed by atoms with Crippen molar-refractivity contribution in [3.8, 4) is 11.5 Å². The number of carbonyl (C=O) groups is 2. The van der Waals surface area contributed by atoms with E-state index in [2.05, 4.69) is 26.3 Å². The highest BCUT2D eigenvalue weighted by molar-refractivity contribution is 7.89. The molecule has 0 aliphatic heterocycles. The fraction of sp³-hybridized carbons (Fsp3) is 0.590. The van der Waals surface area contributed by atoms with Crippen molar-refractivity contribution in [3.63, 3.8) is 0 Å². The lowest BCUT2D eigenvalue weighted by Crippen LogP contribution is -2.59. The molecule has 2 aromatic rings. The van der Waals surface area contributed by atoms with Gasteiger partial charge in [-0.25, -0.2) is 13.9 Å². The summed E-state index contributed by atoms with van der Waals surface area (Å²) in [5, 5.41) is 44.7. The van der Waals surface area contributed by atoms with E-state index in [1.807, 2.05) is 58.9 Å². The molecule has 15 nitrogen and oxygen atoms in total. The number of rotatable bonds is 22. The molecule has 0 heterocycles. The van der Waals surface area contributed by atoms with Crippen molar-refractivity contribution in [1.29, 1.82) is 0 Å². The molecule has 0 unspecified atom stereocenters. The van der Waals surface area contributed by atoms with Gasteiger partial charge in [-0.2, -0.15) is 4.31 Å². The van der Waals surface area contributed by atoms with E-state index in [-0.39, 0.29) is 42.5 Å². The Kier molecular flexibility index (Phi) is 16.6. The fourth-order valence-corrected chi connectivity index (χ4v) is 8.38. The van der Waals surface area contributed by atoms with E-state index in [4.69, 9.17) is 4.74 Å². The first kappa shape index (κ1) is 45.3. The number of ether oxygens (including phenoxy) is 1. The summed E-state index contributed by atoms with van der Waals surface area (Å²) < 4.78 is 35.5. The SMILES string of the molecule is C/C(=N/O)C(C)(C)NCCC(CCNC(=O)CCN(C1(C(=O)NO)CCCC1)S(=O)(=O)c1ccc(Oc2ccc(C)cc2)cc1)CCNC(C)(C)/C(C)=N\O. The number of oxime groups is 2. The number of carbonyl (C=O) groups excluding carboxylic acids is 2. The van der Waals surface area contributed by atoms with Crippen molar-refractivity contribution >= 4 is 33.3 Å². The van der Waals surface area contributed by atoms with Crippen molar-refractivity contribution in [2.24, 2.45) is 16.2 Å². The Labute approximate surface area is 326 Å². The number of sulfonamides is 1. The van der Waals surface area contributed by atoms with Gasteiger partial charge in [-0.3, -0.25) is 14.8 Å². The first-order valence-corrected chi connectivity index (χ1v) is 20.3. The Morgan fingerprint density at radius 1 is 0.836 bits per heavy atom. The summed E-state index contributed by atoms with van der Waals surface area (Å²) in [6, 6.07) is 13.3. The van der Waals surface area contributed by atoms with E-state index < -0.39 is 32.5 Å². The Bertz CT molecular complexity index is 1690. The van der Waals surface area contributed by atoms with Crippen LogP contribution in [0.1, 0.15) is 98.5 Å². The van der Waals surface area contributed by atoms with Crippen molar-refractivity contribution in [3.05, 3.63) is 54.1 Å². The van der Waals surface area contributed by atoms with Gasteiger partial charge in [-0.15, -0.1) is 0 Å². The minimum atomic E-state index is -4.32. The van der Waals surface area contributed by atoms with Gasteiger partial charge in [0.25, 0.3) is 5.91 Å². The average molecular weight is 788 g/mol. The molecule has 1 aliphatic rings. The molecular weight excluding hydrogens is 727 g/mol. The maximum atomic E-state index is 14.3. The Morgan fingerprint density at radius 3 is 1.78 bits per heavy atom. The van der Waals surface area contributed by atoms with Crippen LogP contribution in [0.15, 0.2) is 63.7 Å². The predicted octanol–water partition coefficient (Wildman–Crippen LogP) is 5.33. The van der Waals surface area contributed by atoms with Crippen LogP contribution in [0, 0.1) is 12.8 Å². The monoisotopic (exact) mass is 787 g/mol. The standard InChI is InChI=1S/C39H61N7O8S/c1-28-10-12-32(13-11-28)54-33-14-16-34(17-15-33)55(52,53)46(39(36(48)45-51)22-8-9-23-39)27-21-35(47)40-24-18-31(19-25-41-37(4,5)29(2)43-49)20-26-42-38(6,7)30(3)44-50/h10-17,31,41-42,49-51H,8-9,18-27H2,1-7H3,(H,40,47)(H,45,48)/b43-29-,44-30-. The molecule has 0 saturated heterocycles. The third-order valence-electron chi connectivity index (χ3n) is 10.9. The van der Waals surface area contributed by atoms with E-state index >= 15 is 0 Å². The molecule has 3 rings (SSSR count). The van der Waals surface area contributed by atoms with E-state index in [1.165, 1.54) is 24.3 Å². The quantitative estimate of drug-likeness (QED) is 0.0353. The molecule has 2 aromatic carbocycles. The molecule has 306 valence electrons. The Balaban J connectivity index is 1.72. The van der Waals surface area contributed by atoms with Crippen LogP contribution in [0.4, 0.5) is 0 Å². The van der Waals surface area contributed by atoms with E-state index in [1.54, 1.807) is 19.3 Å². The number of hydrogen-bond donors (Lipinski definition) is 7. The van der Waals surface area contributed by atoms with Crippen LogP contribution in [0.5, 0.6) is 11.5 Å². The second kappa shape index (κ2) is 20.2. The smallest absolute Gasteiger partial charge is 0.264 e. The lowest BCUT2D eigenvalue weighted by molar-refractivity contribution is -0.139. The highest BCUT2D eigenvalue weighted by atomic mass is 32.2. The largest absolute Gasteiger partial charge is 0.457 e. The van der Waals surface area contributed by atoms with Gasteiger partial charge in [0.2, 0.25) is 15.9 Å². The summed E-state index contributed by atoms with van der Waals surface area (Å²) in [6.07, 6.45) is 3.48. The first-order chi connectivity index (χ1) is 25.9. The van der Waals surface area contributed by atoms with Crippen LogP contribution in [0.25, 0.3) is 0 Å². The average Bonchev–Trinajstić information content (AvgIpc) is 3.65. The highest BCUT2D eigenvalue weighted by Gasteiger charge is 2.51. The molecule has 0 radical (unpaired) electrons. The van der Waals surface area contributed by atoms with Gasteiger partial charge in [0.15, 0.2) is 0 Å². The van der Waals surface area contributed by atoms with Crippen LogP contribution in [-0.2, 0) is 19.6 Å². The number of nitrogens with one attached hydrogen (secondary N) is 4. The molecule has 16 heteroatoms. The molecule has 1 fully saturated rings. The second-order valence-corrected chi connectivity index (χ2v) is 17.3. The van der Waals surface area contributed by atoms with E-state index in [0.29, 0.717) is 61.8 Å². The molecule has 1 saturated carbocycles. The second-order valence-electron chi connectivity index (χ2n) is 15.4. The van der Waals surface area contributed by atoms with Gasteiger partial charge >= 0.3 is 0 Å². The van der Waals surface area contributed by atoms with Crippen molar-refractivity contribution in [2.75, 3.05) is 26.2 Å². The summed E-state index contributed by atoms with van der Waals surface area (Å²) in [6.45, 7) is 14.5. The summed E-state index contributed by atoms with van der Waals surface area (Å²) in [5.41, 5.74) is 1.26. The zero-order valence-electron chi connectivity index (χ0n) is 33.3. The van der Waals surface area contributed by atoms with Gasteiger partial charge in [0.1, 0.15) is 17.0 Å². The molecule has 2 amide bonds. The third kappa shape index (κ3) is 12.5. The highest BCUT2D eigenvalue weighted by Crippen LogP contribution is 2.39. The maximum absolute atomic E-state index is 14.3. The summed E-state index contributed by atoms with van der Waals surface area (Å²) in [5.74, 6) is -0.0170. The van der Waals surface area contributed by atoms with Crippen molar-refractivity contribution in [2.45, 2.75) is 121 Å². The molecule has 0 bridgehead atoms. The minimum Gasteiger partial charge on any atom is -0.457 e. The Hall–Kier alpha value is -4.09. The normalized spacial score (nSPS) is 15.9. The number of nitrogens with zero attached hydrogens (tertiary/aromatic N) is 3. The summed E-state index contributed by atoms with van der Waals surface area (Å²) >= 11 is 0. The van der Waals surface area contributed by atoms with Crippen molar-refractivity contribution < 1.29 is 38.4 Å². The van der Waals surface area contributed by atoms with Crippen LogP contribution < -0.4 is 26.2 Å². The molecule has 1 aliphatic carbocycles. The lowest BCUT2D eigenvalue weighted by atomic mass is 9.94. The van der Waals surface area contributed by atoms with Crippen LogP contribution >= 0.6 is 0 Å². The van der Waals surface area contributed by atoms with Crippen LogP contribution in [0.2, 0.25) is 0 Å². The molecule has 0 spiro atoms. The van der Waals surface area contributed by atoms with Crippen LogP contribution in [-0.4, -0.2) is 94.4 Å². The number of hydrogen-bond acceptors (Lipinski definition) is 12. The summed E-state index contributed by atoms with van der Waals surface area (Å²) in [7, 11) is -4.32. The van der Waals surface area contributed by atoms with Gasteiger partial charge < -0.3 is 31.1 Å². The first-order valence-electron chi connectivity index (χ1n) is 18.9. The van der Waals surface area contributed by atoms with E-state index in [0.717, 1.165) is 22.7 Å². The molecule has 0 atom stereocenters. The van der Waals surface area contributed by atoms with Gasteiger partial charge in [0.05, 0.1) is 27.4 Å². The number of benzene rings is 2. The minimum absolute atomic E-state index is 0.0708. The van der Waals surface area contributed by atoms with Gasteiger partial charge in [0, 0.05) is 19.5 Å². The molecule has 7 N–H and O–H groups in total.